The van der Waals surface area contributed by atoms with Gasteiger partial charge in [-0.05, 0) is 56.2 Å². The third kappa shape index (κ3) is 5.09. The van der Waals surface area contributed by atoms with E-state index in [1.54, 1.807) is 7.11 Å². The fourth-order valence-corrected chi connectivity index (χ4v) is 4.64. The third-order valence-corrected chi connectivity index (χ3v) is 6.46. The molecular weight excluding hydrogens is 432 g/mol. The zero-order valence-corrected chi connectivity index (χ0v) is 19.9. The summed E-state index contributed by atoms with van der Waals surface area (Å²) in [6, 6.07) is 23.6. The standard InChI is InChI=1S/C26H26N4O2S/c1-17-10-13-21(14-11-17)30-19(3)28-29-26(30)33-24(20-8-6-5-7-9-20)25(31)27-22-16-18(2)12-15-23(22)32-4/h5-16,24H,1-4H3,(H,27,31). The van der Waals surface area contributed by atoms with Gasteiger partial charge in [0.05, 0.1) is 12.8 Å². The van der Waals surface area contributed by atoms with E-state index in [1.807, 2.05) is 86.0 Å². The molecule has 0 spiro atoms. The number of nitrogens with zero attached hydrogens (tertiary/aromatic N) is 3. The van der Waals surface area contributed by atoms with Gasteiger partial charge in [0.1, 0.15) is 16.8 Å². The molecule has 4 aromatic rings. The number of aryl methyl sites for hydroxylation is 3. The summed E-state index contributed by atoms with van der Waals surface area (Å²) >= 11 is 1.37. The zero-order chi connectivity index (χ0) is 23.4. The molecule has 1 heterocycles. The predicted octanol–water partition coefficient (Wildman–Crippen LogP) is 5.67. The Hall–Kier alpha value is -3.58. The van der Waals surface area contributed by atoms with E-state index in [0.717, 1.165) is 22.6 Å². The summed E-state index contributed by atoms with van der Waals surface area (Å²) in [6.45, 7) is 5.94. The molecule has 1 amide bonds. The van der Waals surface area contributed by atoms with Crippen LogP contribution in [-0.4, -0.2) is 27.8 Å². The topological polar surface area (TPSA) is 69.0 Å². The molecule has 1 atom stereocenters. The van der Waals surface area contributed by atoms with Crippen LogP contribution in [0.3, 0.4) is 0 Å². The van der Waals surface area contributed by atoms with Crippen LogP contribution in [0, 0.1) is 20.8 Å². The van der Waals surface area contributed by atoms with E-state index in [2.05, 4.69) is 27.6 Å². The number of rotatable bonds is 7. The van der Waals surface area contributed by atoms with E-state index < -0.39 is 5.25 Å². The van der Waals surface area contributed by atoms with Crippen LogP contribution in [0.15, 0.2) is 78.0 Å². The Labute approximate surface area is 198 Å². The molecule has 0 aliphatic rings. The van der Waals surface area contributed by atoms with E-state index in [4.69, 9.17) is 4.74 Å². The van der Waals surface area contributed by atoms with Gasteiger partial charge < -0.3 is 10.1 Å². The maximum atomic E-state index is 13.6. The molecule has 3 aromatic carbocycles. The largest absolute Gasteiger partial charge is 0.495 e. The molecule has 0 fully saturated rings. The van der Waals surface area contributed by atoms with Gasteiger partial charge in [-0.25, -0.2) is 0 Å². The molecular formula is C26H26N4O2S. The maximum Gasteiger partial charge on any atom is 0.242 e. The molecule has 1 N–H and O–H groups in total. The van der Waals surface area contributed by atoms with Crippen molar-refractivity contribution in [2.45, 2.75) is 31.2 Å². The summed E-state index contributed by atoms with van der Waals surface area (Å²) in [7, 11) is 1.59. The summed E-state index contributed by atoms with van der Waals surface area (Å²) < 4.78 is 7.42. The van der Waals surface area contributed by atoms with Gasteiger partial charge in [-0.15, -0.1) is 10.2 Å². The highest BCUT2D eigenvalue weighted by Crippen LogP contribution is 2.37. The molecule has 0 saturated carbocycles. The highest BCUT2D eigenvalue weighted by atomic mass is 32.2. The Balaban J connectivity index is 1.70. The smallest absolute Gasteiger partial charge is 0.242 e. The first-order chi connectivity index (χ1) is 16.0. The number of anilines is 1. The molecule has 6 nitrogen and oxygen atoms in total. The van der Waals surface area contributed by atoms with Crippen molar-refractivity contribution in [3.63, 3.8) is 0 Å². The van der Waals surface area contributed by atoms with Crippen LogP contribution in [0.2, 0.25) is 0 Å². The second-order valence-corrected chi connectivity index (χ2v) is 8.87. The highest BCUT2D eigenvalue weighted by Gasteiger charge is 2.26. The van der Waals surface area contributed by atoms with Crippen LogP contribution in [0.25, 0.3) is 5.69 Å². The van der Waals surface area contributed by atoms with Gasteiger partial charge in [0, 0.05) is 5.69 Å². The van der Waals surface area contributed by atoms with Crippen molar-refractivity contribution in [3.8, 4) is 11.4 Å². The number of carbonyl (C=O) groups excluding carboxylic acids is 1. The number of methoxy groups -OCH3 is 1. The Morgan fingerprint density at radius 2 is 1.64 bits per heavy atom. The van der Waals surface area contributed by atoms with Crippen LogP contribution >= 0.6 is 11.8 Å². The first-order valence-corrected chi connectivity index (χ1v) is 11.5. The van der Waals surface area contributed by atoms with Crippen LogP contribution in [-0.2, 0) is 4.79 Å². The van der Waals surface area contributed by atoms with Crippen molar-refractivity contribution >= 4 is 23.4 Å². The lowest BCUT2D eigenvalue weighted by atomic mass is 10.1. The second kappa shape index (κ2) is 9.92. The van der Waals surface area contributed by atoms with Gasteiger partial charge in [0.15, 0.2) is 5.16 Å². The van der Waals surface area contributed by atoms with Crippen molar-refractivity contribution in [2.24, 2.45) is 0 Å². The van der Waals surface area contributed by atoms with Crippen molar-refractivity contribution in [1.82, 2.24) is 14.8 Å². The minimum absolute atomic E-state index is 0.161. The molecule has 0 saturated heterocycles. The summed E-state index contributed by atoms with van der Waals surface area (Å²) in [4.78, 5) is 13.6. The number of carbonyl (C=O) groups is 1. The van der Waals surface area contributed by atoms with Gasteiger partial charge in [0.25, 0.3) is 0 Å². The maximum absolute atomic E-state index is 13.6. The second-order valence-electron chi connectivity index (χ2n) is 7.80. The van der Waals surface area contributed by atoms with Crippen molar-refractivity contribution < 1.29 is 9.53 Å². The Kier molecular flexibility index (Phi) is 6.79. The lowest BCUT2D eigenvalue weighted by molar-refractivity contribution is -0.115. The number of nitrogens with one attached hydrogen (secondary N) is 1. The molecule has 0 bridgehead atoms. The normalized spacial score (nSPS) is 11.8. The average molecular weight is 459 g/mol. The Morgan fingerprint density at radius 1 is 0.939 bits per heavy atom. The van der Waals surface area contributed by atoms with Crippen LogP contribution in [0.5, 0.6) is 5.75 Å². The van der Waals surface area contributed by atoms with Gasteiger partial charge in [-0.2, -0.15) is 0 Å². The highest BCUT2D eigenvalue weighted by molar-refractivity contribution is 8.00. The molecule has 1 aromatic heterocycles. The number of aromatic nitrogens is 3. The van der Waals surface area contributed by atoms with E-state index in [1.165, 1.54) is 17.3 Å². The van der Waals surface area contributed by atoms with Crippen LogP contribution in [0.1, 0.15) is 27.8 Å². The summed E-state index contributed by atoms with van der Waals surface area (Å²) in [5, 5.41) is 11.8. The van der Waals surface area contributed by atoms with E-state index in [9.17, 15) is 4.79 Å². The number of hydrogen-bond donors (Lipinski definition) is 1. The molecule has 4 rings (SSSR count). The molecule has 168 valence electrons. The van der Waals surface area contributed by atoms with Crippen LogP contribution < -0.4 is 10.1 Å². The predicted molar refractivity (Wildman–Crippen MR) is 132 cm³/mol. The van der Waals surface area contributed by atoms with E-state index in [-0.39, 0.29) is 5.91 Å². The Morgan fingerprint density at radius 3 is 2.33 bits per heavy atom. The summed E-state index contributed by atoms with van der Waals surface area (Å²) in [5.41, 5.74) is 4.68. The fourth-order valence-electron chi connectivity index (χ4n) is 3.53. The summed E-state index contributed by atoms with van der Waals surface area (Å²) in [6.07, 6.45) is 0. The van der Waals surface area contributed by atoms with Crippen molar-refractivity contribution in [1.29, 1.82) is 0 Å². The van der Waals surface area contributed by atoms with E-state index >= 15 is 0 Å². The monoisotopic (exact) mass is 458 g/mol. The van der Waals surface area contributed by atoms with Gasteiger partial charge in [-0.1, -0.05) is 65.9 Å². The van der Waals surface area contributed by atoms with Crippen LogP contribution in [0.4, 0.5) is 5.69 Å². The molecule has 0 radical (unpaired) electrons. The lowest BCUT2D eigenvalue weighted by Crippen LogP contribution is -2.20. The van der Waals surface area contributed by atoms with E-state index in [0.29, 0.717) is 16.6 Å². The number of benzene rings is 3. The number of hydrogen-bond acceptors (Lipinski definition) is 5. The first kappa shape index (κ1) is 22.6. The minimum atomic E-state index is -0.538. The molecule has 0 aliphatic heterocycles. The third-order valence-electron chi connectivity index (χ3n) is 5.26. The van der Waals surface area contributed by atoms with Crippen molar-refractivity contribution in [2.75, 3.05) is 12.4 Å². The van der Waals surface area contributed by atoms with Crippen molar-refractivity contribution in [3.05, 3.63) is 95.3 Å². The quantitative estimate of drug-likeness (QED) is 0.361. The average Bonchev–Trinajstić information content (AvgIpc) is 3.18. The Bertz CT molecular complexity index is 1250. The molecule has 0 aliphatic carbocycles. The lowest BCUT2D eigenvalue weighted by Gasteiger charge is -2.19. The van der Waals surface area contributed by atoms with Gasteiger partial charge in [-0.3, -0.25) is 9.36 Å². The van der Waals surface area contributed by atoms with Gasteiger partial charge in [0.2, 0.25) is 5.91 Å². The first-order valence-electron chi connectivity index (χ1n) is 10.6. The SMILES string of the molecule is COc1ccc(C)cc1NC(=O)C(Sc1nnc(C)n1-c1ccc(C)cc1)c1ccccc1. The number of thioether (sulfide) groups is 1. The van der Waals surface area contributed by atoms with Gasteiger partial charge >= 0.3 is 0 Å². The molecule has 1 unspecified atom stereocenters. The zero-order valence-electron chi connectivity index (χ0n) is 19.1. The fraction of sp³-hybridized carbons (Fsp3) is 0.192. The number of amides is 1. The molecule has 33 heavy (non-hydrogen) atoms. The minimum Gasteiger partial charge on any atom is -0.495 e. The molecule has 7 heteroatoms. The number of ether oxygens (including phenoxy) is 1. The summed E-state index contributed by atoms with van der Waals surface area (Å²) in [5.74, 6) is 1.21.